The molecule has 0 fully saturated rings. The van der Waals surface area contributed by atoms with Gasteiger partial charge in [0, 0.05) is 12.1 Å². The van der Waals surface area contributed by atoms with Crippen LogP contribution in [0.1, 0.15) is 43.6 Å². The van der Waals surface area contributed by atoms with Crippen LogP contribution in [-0.4, -0.2) is 36.7 Å². The second kappa shape index (κ2) is 7.41. The summed E-state index contributed by atoms with van der Waals surface area (Å²) in [5, 5.41) is 5.07. The van der Waals surface area contributed by atoms with E-state index in [9.17, 15) is 19.2 Å². The van der Waals surface area contributed by atoms with Gasteiger partial charge >= 0.3 is 0 Å². The van der Waals surface area contributed by atoms with Gasteiger partial charge in [-0.05, 0) is 43.7 Å². The molecule has 138 valence electrons. The molecule has 2 aromatic rings. The number of nitrogens with one attached hydrogen (secondary N) is 2. The number of nitrogens with zero attached hydrogens (tertiary/aromatic N) is 1. The summed E-state index contributed by atoms with van der Waals surface area (Å²) in [7, 11) is 0. The number of carbonyl (C=O) groups excluding carboxylic acids is 4. The zero-order chi connectivity index (χ0) is 19.6. The lowest BCUT2D eigenvalue weighted by molar-refractivity contribution is -0.120. The first-order valence-corrected chi connectivity index (χ1v) is 8.57. The second-order valence-electron chi connectivity index (χ2n) is 6.13. The minimum atomic E-state index is -0.487. The first kappa shape index (κ1) is 18.3. The molecule has 7 nitrogen and oxygen atoms in total. The van der Waals surface area contributed by atoms with E-state index < -0.39 is 17.7 Å². The van der Waals surface area contributed by atoms with Gasteiger partial charge in [-0.15, -0.1) is 0 Å². The van der Waals surface area contributed by atoms with E-state index in [1.54, 1.807) is 19.1 Å². The quantitative estimate of drug-likeness (QED) is 0.788. The number of fused-ring (bicyclic) bond motifs is 1. The van der Waals surface area contributed by atoms with Crippen LogP contribution >= 0.6 is 0 Å². The van der Waals surface area contributed by atoms with Crippen LogP contribution in [0.3, 0.4) is 0 Å². The Bertz CT molecular complexity index is 952. The number of imide groups is 1. The van der Waals surface area contributed by atoms with Crippen LogP contribution in [0.2, 0.25) is 0 Å². The molecule has 1 aliphatic heterocycles. The summed E-state index contributed by atoms with van der Waals surface area (Å²) in [6.07, 6.45) is 0. The number of hydrogen-bond donors (Lipinski definition) is 2. The van der Waals surface area contributed by atoms with Gasteiger partial charge in [0.15, 0.2) is 0 Å². The average Bonchev–Trinajstić information content (AvgIpc) is 2.91. The van der Waals surface area contributed by atoms with Crippen molar-refractivity contribution in [1.82, 2.24) is 10.6 Å². The number of para-hydroxylation sites is 1. The first-order valence-electron chi connectivity index (χ1n) is 8.57. The molecule has 2 N–H and O–H groups in total. The highest BCUT2D eigenvalue weighted by molar-refractivity contribution is 6.35. The molecule has 1 aliphatic rings. The monoisotopic (exact) mass is 365 g/mol. The van der Waals surface area contributed by atoms with Crippen molar-refractivity contribution in [1.29, 1.82) is 0 Å². The summed E-state index contributed by atoms with van der Waals surface area (Å²) in [4.78, 5) is 50.3. The Morgan fingerprint density at radius 3 is 2.37 bits per heavy atom. The summed E-state index contributed by atoms with van der Waals surface area (Å²) in [6, 6.07) is 11.4. The summed E-state index contributed by atoms with van der Waals surface area (Å²) in [5.41, 5.74) is 1.96. The lowest BCUT2D eigenvalue weighted by Crippen LogP contribution is -2.36. The molecule has 0 saturated carbocycles. The molecule has 0 bridgehead atoms. The van der Waals surface area contributed by atoms with E-state index in [1.165, 1.54) is 18.2 Å². The molecule has 27 heavy (non-hydrogen) atoms. The largest absolute Gasteiger partial charge is 0.355 e. The van der Waals surface area contributed by atoms with Gasteiger partial charge in [-0.3, -0.25) is 19.2 Å². The number of aryl methyl sites for hydroxylation is 1. The van der Waals surface area contributed by atoms with Crippen LogP contribution in [-0.2, 0) is 4.79 Å². The normalized spacial score (nSPS) is 12.7. The predicted molar refractivity (Wildman–Crippen MR) is 99.8 cm³/mol. The minimum absolute atomic E-state index is 0.161. The van der Waals surface area contributed by atoms with Crippen molar-refractivity contribution in [3.8, 4) is 0 Å². The fraction of sp³-hybridized carbons (Fsp3) is 0.200. The number of carbonyl (C=O) groups is 4. The van der Waals surface area contributed by atoms with Crippen molar-refractivity contribution in [2.45, 2.75) is 13.8 Å². The zero-order valence-corrected chi connectivity index (χ0v) is 15.0. The van der Waals surface area contributed by atoms with E-state index in [-0.39, 0.29) is 29.1 Å². The van der Waals surface area contributed by atoms with Crippen molar-refractivity contribution in [2.75, 3.05) is 18.0 Å². The molecule has 0 unspecified atom stereocenters. The molecule has 1 heterocycles. The molecule has 0 aromatic heterocycles. The lowest BCUT2D eigenvalue weighted by atomic mass is 10.1. The van der Waals surface area contributed by atoms with Gasteiger partial charge in [-0.2, -0.15) is 0 Å². The third-order valence-corrected chi connectivity index (χ3v) is 4.29. The van der Waals surface area contributed by atoms with Gasteiger partial charge in [0.05, 0.1) is 23.4 Å². The molecule has 0 radical (unpaired) electrons. The highest BCUT2D eigenvalue weighted by Gasteiger charge is 2.37. The summed E-state index contributed by atoms with van der Waals surface area (Å²) >= 11 is 0. The number of benzene rings is 2. The van der Waals surface area contributed by atoms with Gasteiger partial charge in [-0.1, -0.05) is 18.2 Å². The average molecular weight is 365 g/mol. The maximum Gasteiger partial charge on any atom is 0.266 e. The van der Waals surface area contributed by atoms with Crippen molar-refractivity contribution in [2.24, 2.45) is 0 Å². The Morgan fingerprint density at radius 1 is 0.963 bits per heavy atom. The highest BCUT2D eigenvalue weighted by atomic mass is 16.2. The molecule has 0 aliphatic carbocycles. The van der Waals surface area contributed by atoms with E-state index >= 15 is 0 Å². The van der Waals surface area contributed by atoms with Gasteiger partial charge in [0.25, 0.3) is 17.7 Å². The van der Waals surface area contributed by atoms with Crippen molar-refractivity contribution in [3.63, 3.8) is 0 Å². The Hall–Kier alpha value is -3.48. The standard InChI is InChI=1S/C20H19N3O4/c1-3-21-17(24)11-22-18(25)13-8-9-14-15(10-13)20(27)23(19(14)26)16-7-5-4-6-12(16)2/h4-10H,3,11H2,1-2H3,(H,21,24)(H,22,25). The Morgan fingerprint density at radius 2 is 1.67 bits per heavy atom. The first-order chi connectivity index (χ1) is 12.9. The molecular weight excluding hydrogens is 346 g/mol. The van der Waals surface area contributed by atoms with Gasteiger partial charge in [0.1, 0.15) is 0 Å². The third kappa shape index (κ3) is 3.44. The number of rotatable bonds is 5. The smallest absolute Gasteiger partial charge is 0.266 e. The minimum Gasteiger partial charge on any atom is -0.355 e. The maximum atomic E-state index is 12.8. The molecule has 4 amide bonds. The fourth-order valence-corrected chi connectivity index (χ4v) is 2.94. The number of likely N-dealkylation sites (N-methyl/N-ethyl adjacent to an activating group) is 1. The van der Waals surface area contributed by atoms with E-state index in [0.717, 1.165) is 10.5 Å². The van der Waals surface area contributed by atoms with E-state index in [2.05, 4.69) is 10.6 Å². The van der Waals surface area contributed by atoms with Crippen LogP contribution in [0.15, 0.2) is 42.5 Å². The molecular formula is C20H19N3O4. The molecule has 0 saturated heterocycles. The van der Waals surface area contributed by atoms with Crippen LogP contribution in [0.5, 0.6) is 0 Å². The van der Waals surface area contributed by atoms with Crippen molar-refractivity contribution >= 4 is 29.3 Å². The van der Waals surface area contributed by atoms with E-state index in [4.69, 9.17) is 0 Å². The topological polar surface area (TPSA) is 95.6 Å². The van der Waals surface area contributed by atoms with Crippen LogP contribution in [0, 0.1) is 6.92 Å². The van der Waals surface area contributed by atoms with Crippen molar-refractivity contribution in [3.05, 3.63) is 64.7 Å². The Labute approximate surface area is 156 Å². The van der Waals surface area contributed by atoms with Crippen LogP contribution < -0.4 is 15.5 Å². The highest BCUT2D eigenvalue weighted by Crippen LogP contribution is 2.30. The van der Waals surface area contributed by atoms with Crippen LogP contribution in [0.25, 0.3) is 0 Å². The maximum absolute atomic E-state index is 12.8. The van der Waals surface area contributed by atoms with Gasteiger partial charge in [0.2, 0.25) is 5.91 Å². The Kier molecular flexibility index (Phi) is 5.03. The number of anilines is 1. The fourth-order valence-electron chi connectivity index (χ4n) is 2.94. The predicted octanol–water partition coefficient (Wildman–Crippen LogP) is 1.66. The summed E-state index contributed by atoms with van der Waals surface area (Å²) < 4.78 is 0. The van der Waals surface area contributed by atoms with E-state index in [1.807, 2.05) is 19.1 Å². The zero-order valence-electron chi connectivity index (χ0n) is 15.0. The van der Waals surface area contributed by atoms with Crippen molar-refractivity contribution < 1.29 is 19.2 Å². The van der Waals surface area contributed by atoms with Gasteiger partial charge in [-0.25, -0.2) is 4.90 Å². The lowest BCUT2D eigenvalue weighted by Gasteiger charge is -2.16. The molecule has 3 rings (SSSR count). The molecule has 7 heteroatoms. The number of amides is 4. The second-order valence-corrected chi connectivity index (χ2v) is 6.13. The summed E-state index contributed by atoms with van der Waals surface area (Å²) in [5.74, 6) is -1.68. The molecule has 0 atom stereocenters. The van der Waals surface area contributed by atoms with Gasteiger partial charge < -0.3 is 10.6 Å². The molecule has 0 spiro atoms. The van der Waals surface area contributed by atoms with Crippen LogP contribution in [0.4, 0.5) is 5.69 Å². The summed E-state index contributed by atoms with van der Waals surface area (Å²) in [6.45, 7) is 3.91. The Balaban J connectivity index is 1.84. The van der Waals surface area contributed by atoms with E-state index in [0.29, 0.717) is 12.2 Å². The molecule has 2 aromatic carbocycles. The third-order valence-electron chi connectivity index (χ3n) is 4.29. The SMILES string of the molecule is CCNC(=O)CNC(=O)c1ccc2c(c1)C(=O)N(c1ccccc1C)C2=O. The number of hydrogen-bond acceptors (Lipinski definition) is 4.